The Balaban J connectivity index is 2.19. The van der Waals surface area contributed by atoms with Gasteiger partial charge in [-0.3, -0.25) is 0 Å². The van der Waals surface area contributed by atoms with Crippen molar-refractivity contribution in [1.29, 1.82) is 0 Å². The van der Waals surface area contributed by atoms with Crippen LogP contribution in [0.25, 0.3) is 11.6 Å². The molecule has 0 bridgehead atoms. The average Bonchev–Trinajstić information content (AvgIpc) is 2.92. The van der Waals surface area contributed by atoms with Gasteiger partial charge in [-0.25, -0.2) is 4.98 Å². The molecule has 0 saturated heterocycles. The third-order valence-electron chi connectivity index (χ3n) is 3.65. The molecule has 2 heteroatoms. The lowest BCUT2D eigenvalue weighted by Gasteiger charge is -2.11. The smallest absolute Gasteiger partial charge is 0.132 e. The van der Waals surface area contributed by atoms with Gasteiger partial charge in [-0.1, -0.05) is 54.6 Å². The van der Waals surface area contributed by atoms with Crippen LogP contribution in [0.1, 0.15) is 22.5 Å². The number of hydrogen-bond acceptors (Lipinski definition) is 1. The van der Waals surface area contributed by atoms with Gasteiger partial charge in [0.1, 0.15) is 5.82 Å². The first-order valence-corrected chi connectivity index (χ1v) is 7.06. The summed E-state index contributed by atoms with van der Waals surface area (Å²) in [5, 5.41) is 0. The van der Waals surface area contributed by atoms with Crippen molar-refractivity contribution in [3.63, 3.8) is 0 Å². The van der Waals surface area contributed by atoms with Gasteiger partial charge in [0.25, 0.3) is 0 Å². The molecule has 0 spiro atoms. The fourth-order valence-electron chi connectivity index (χ4n) is 2.45. The molecule has 3 rings (SSSR count). The van der Waals surface area contributed by atoms with Gasteiger partial charge in [0, 0.05) is 19.4 Å². The predicted molar refractivity (Wildman–Crippen MR) is 87.8 cm³/mol. The molecule has 3 aromatic rings. The molecule has 0 aliphatic rings. The summed E-state index contributed by atoms with van der Waals surface area (Å²) in [6, 6.07) is 18.9. The Morgan fingerprint density at radius 3 is 2.38 bits per heavy atom. The van der Waals surface area contributed by atoms with Crippen LogP contribution in [0.3, 0.4) is 0 Å². The van der Waals surface area contributed by atoms with Crippen molar-refractivity contribution in [3.8, 4) is 0 Å². The van der Waals surface area contributed by atoms with E-state index in [9.17, 15) is 0 Å². The highest BCUT2D eigenvalue weighted by atomic mass is 15.0. The summed E-state index contributed by atoms with van der Waals surface area (Å²) in [7, 11) is 2.01. The molecular weight excluding hydrogens is 256 g/mol. The summed E-state index contributed by atoms with van der Waals surface area (Å²) in [6.07, 6.45) is 5.94. The fourth-order valence-corrected chi connectivity index (χ4v) is 2.45. The second-order valence-corrected chi connectivity index (χ2v) is 5.14. The highest BCUT2D eigenvalue weighted by Gasteiger charge is 2.08. The van der Waals surface area contributed by atoms with E-state index >= 15 is 0 Å². The van der Waals surface area contributed by atoms with Crippen LogP contribution in [0.15, 0.2) is 67.0 Å². The standard InChI is InChI=1S/C19H18N2/c1-15-8-6-7-11-17(15)18(16-9-4-3-5-10-16)14-19-20-12-13-21(19)2/h3-14H,1-2H3. The zero-order valence-electron chi connectivity index (χ0n) is 12.3. The molecule has 0 N–H and O–H groups in total. The van der Waals surface area contributed by atoms with Crippen LogP contribution < -0.4 is 0 Å². The lowest BCUT2D eigenvalue weighted by atomic mass is 9.94. The quantitative estimate of drug-likeness (QED) is 0.695. The Labute approximate surface area is 125 Å². The van der Waals surface area contributed by atoms with Crippen LogP contribution in [-0.2, 0) is 7.05 Å². The number of nitrogens with zero attached hydrogens (tertiary/aromatic N) is 2. The first kappa shape index (κ1) is 13.4. The Morgan fingerprint density at radius 2 is 1.71 bits per heavy atom. The van der Waals surface area contributed by atoms with Crippen LogP contribution in [-0.4, -0.2) is 9.55 Å². The van der Waals surface area contributed by atoms with E-state index in [-0.39, 0.29) is 0 Å². The Hall–Kier alpha value is -2.61. The molecule has 0 atom stereocenters. The van der Waals surface area contributed by atoms with Crippen molar-refractivity contribution < 1.29 is 0 Å². The molecule has 2 nitrogen and oxygen atoms in total. The van der Waals surface area contributed by atoms with E-state index in [4.69, 9.17) is 0 Å². The maximum atomic E-state index is 4.42. The molecule has 0 fully saturated rings. The highest BCUT2D eigenvalue weighted by Crippen LogP contribution is 2.27. The van der Waals surface area contributed by atoms with Crippen LogP contribution >= 0.6 is 0 Å². The molecule has 2 aromatic carbocycles. The zero-order valence-corrected chi connectivity index (χ0v) is 12.3. The van der Waals surface area contributed by atoms with Crippen molar-refractivity contribution >= 4 is 11.6 Å². The number of aromatic nitrogens is 2. The van der Waals surface area contributed by atoms with Gasteiger partial charge in [0.05, 0.1) is 0 Å². The summed E-state index contributed by atoms with van der Waals surface area (Å²) in [4.78, 5) is 4.42. The molecule has 21 heavy (non-hydrogen) atoms. The zero-order chi connectivity index (χ0) is 14.7. The number of aryl methyl sites for hydroxylation is 2. The number of imidazole rings is 1. The van der Waals surface area contributed by atoms with Gasteiger partial charge in [0.15, 0.2) is 0 Å². The monoisotopic (exact) mass is 274 g/mol. The van der Waals surface area contributed by atoms with Gasteiger partial charge in [-0.2, -0.15) is 0 Å². The second kappa shape index (κ2) is 5.80. The minimum absolute atomic E-state index is 0.956. The molecule has 0 radical (unpaired) electrons. The maximum absolute atomic E-state index is 4.42. The van der Waals surface area contributed by atoms with E-state index in [2.05, 4.69) is 66.5 Å². The number of benzene rings is 2. The lowest BCUT2D eigenvalue weighted by molar-refractivity contribution is 0.897. The maximum Gasteiger partial charge on any atom is 0.132 e. The summed E-state index contributed by atoms with van der Waals surface area (Å²) < 4.78 is 2.03. The first-order valence-electron chi connectivity index (χ1n) is 7.06. The van der Waals surface area contributed by atoms with Gasteiger partial charge >= 0.3 is 0 Å². The fraction of sp³-hybridized carbons (Fsp3) is 0.105. The SMILES string of the molecule is Cc1ccccc1C(=Cc1nccn1C)c1ccccc1. The van der Waals surface area contributed by atoms with Crippen molar-refractivity contribution in [2.75, 3.05) is 0 Å². The van der Waals surface area contributed by atoms with E-state index in [0.717, 1.165) is 5.82 Å². The Morgan fingerprint density at radius 1 is 1.00 bits per heavy atom. The second-order valence-electron chi connectivity index (χ2n) is 5.14. The minimum Gasteiger partial charge on any atom is -0.335 e. The van der Waals surface area contributed by atoms with Gasteiger partial charge in [-0.05, 0) is 35.3 Å². The Bertz CT molecular complexity index is 767. The first-order chi connectivity index (χ1) is 10.3. The minimum atomic E-state index is 0.956. The summed E-state index contributed by atoms with van der Waals surface area (Å²) >= 11 is 0. The highest BCUT2D eigenvalue weighted by molar-refractivity contribution is 5.91. The number of hydrogen-bond donors (Lipinski definition) is 0. The summed E-state index contributed by atoms with van der Waals surface area (Å²) in [5.41, 5.74) is 4.91. The molecule has 104 valence electrons. The molecule has 1 heterocycles. The largest absolute Gasteiger partial charge is 0.335 e. The third-order valence-corrected chi connectivity index (χ3v) is 3.65. The van der Waals surface area contributed by atoms with E-state index in [1.807, 2.05) is 30.1 Å². The summed E-state index contributed by atoms with van der Waals surface area (Å²) in [6.45, 7) is 2.14. The van der Waals surface area contributed by atoms with Crippen LogP contribution in [0.2, 0.25) is 0 Å². The topological polar surface area (TPSA) is 17.8 Å². The van der Waals surface area contributed by atoms with Gasteiger partial charge in [0.2, 0.25) is 0 Å². The third kappa shape index (κ3) is 2.79. The van der Waals surface area contributed by atoms with E-state index < -0.39 is 0 Å². The van der Waals surface area contributed by atoms with E-state index in [1.165, 1.54) is 22.3 Å². The van der Waals surface area contributed by atoms with Crippen LogP contribution in [0.4, 0.5) is 0 Å². The van der Waals surface area contributed by atoms with E-state index in [1.54, 1.807) is 0 Å². The van der Waals surface area contributed by atoms with E-state index in [0.29, 0.717) is 0 Å². The molecule has 0 aliphatic carbocycles. The summed E-state index contributed by atoms with van der Waals surface area (Å²) in [5.74, 6) is 0.956. The predicted octanol–water partition coefficient (Wildman–Crippen LogP) is 4.32. The van der Waals surface area contributed by atoms with Crippen molar-refractivity contribution in [2.45, 2.75) is 6.92 Å². The lowest BCUT2D eigenvalue weighted by Crippen LogP contribution is -1.95. The average molecular weight is 274 g/mol. The molecular formula is C19H18N2. The molecule has 0 unspecified atom stereocenters. The number of rotatable bonds is 3. The molecule has 0 saturated carbocycles. The van der Waals surface area contributed by atoms with Crippen molar-refractivity contribution in [3.05, 3.63) is 89.5 Å². The van der Waals surface area contributed by atoms with Crippen LogP contribution in [0.5, 0.6) is 0 Å². The van der Waals surface area contributed by atoms with Crippen molar-refractivity contribution in [1.82, 2.24) is 9.55 Å². The molecule has 1 aromatic heterocycles. The Kier molecular flexibility index (Phi) is 3.69. The van der Waals surface area contributed by atoms with Gasteiger partial charge < -0.3 is 4.57 Å². The van der Waals surface area contributed by atoms with Crippen molar-refractivity contribution in [2.24, 2.45) is 7.05 Å². The molecule has 0 amide bonds. The normalized spacial score (nSPS) is 11.6. The molecule has 0 aliphatic heterocycles. The van der Waals surface area contributed by atoms with Crippen LogP contribution in [0, 0.1) is 6.92 Å². The van der Waals surface area contributed by atoms with Gasteiger partial charge in [-0.15, -0.1) is 0 Å².